The lowest BCUT2D eigenvalue weighted by Gasteiger charge is -2.17. The minimum Gasteiger partial charge on any atom is -0.353 e. The number of nitrogens with zero attached hydrogens (tertiary/aromatic N) is 1. The molecule has 0 spiro atoms. The van der Waals surface area contributed by atoms with Crippen LogP contribution in [0.5, 0.6) is 0 Å². The molecule has 1 saturated carbocycles. The van der Waals surface area contributed by atoms with Crippen molar-refractivity contribution in [1.82, 2.24) is 9.88 Å². The lowest BCUT2D eigenvalue weighted by Crippen LogP contribution is -2.27. The van der Waals surface area contributed by atoms with Gasteiger partial charge in [0.25, 0.3) is 0 Å². The van der Waals surface area contributed by atoms with Crippen LogP contribution in [0.1, 0.15) is 41.9 Å². The Labute approximate surface area is 148 Å². The van der Waals surface area contributed by atoms with Gasteiger partial charge < -0.3 is 9.88 Å². The molecule has 1 heterocycles. The van der Waals surface area contributed by atoms with E-state index in [2.05, 4.69) is 78.6 Å². The third-order valence-corrected chi connectivity index (χ3v) is 5.11. The Kier molecular flexibility index (Phi) is 4.08. The molecule has 2 aromatic carbocycles. The highest BCUT2D eigenvalue weighted by Crippen LogP contribution is 2.35. The zero-order chi connectivity index (χ0) is 17.4. The number of hydrogen-bond donors (Lipinski definition) is 1. The van der Waals surface area contributed by atoms with Gasteiger partial charge in [0.2, 0.25) is 5.91 Å². The summed E-state index contributed by atoms with van der Waals surface area (Å²) in [6.07, 6.45) is 4.91. The number of fused-ring (bicyclic) bond motifs is 1. The van der Waals surface area contributed by atoms with E-state index in [0.29, 0.717) is 12.5 Å². The van der Waals surface area contributed by atoms with E-state index in [9.17, 15) is 4.79 Å². The Balaban J connectivity index is 1.75. The zero-order valence-electron chi connectivity index (χ0n) is 14.8. The number of hydrogen-bond acceptors (Lipinski definition) is 1. The molecule has 25 heavy (non-hydrogen) atoms. The molecule has 1 aromatic heterocycles. The molecular formula is C22H24N2O. The average molecular weight is 332 g/mol. The van der Waals surface area contributed by atoms with Crippen LogP contribution in [0, 0.1) is 6.92 Å². The monoisotopic (exact) mass is 332 g/mol. The maximum absolute atomic E-state index is 12.5. The van der Waals surface area contributed by atoms with E-state index >= 15 is 0 Å². The van der Waals surface area contributed by atoms with Gasteiger partial charge in [0.05, 0.1) is 0 Å². The van der Waals surface area contributed by atoms with Crippen molar-refractivity contribution >= 4 is 16.8 Å². The summed E-state index contributed by atoms with van der Waals surface area (Å²) in [5.74, 6) is 0.228. The Morgan fingerprint density at radius 2 is 1.88 bits per heavy atom. The van der Waals surface area contributed by atoms with Crippen molar-refractivity contribution in [3.05, 3.63) is 71.4 Å². The number of aryl methyl sites for hydroxylation is 2. The fraction of sp³-hybridized carbons (Fsp3) is 0.318. The number of para-hydroxylation sites is 1. The standard InChI is InChI=1S/C22H24N2O/c1-15-7-9-16(10-8-15)19(13-22(25)23-17-11-12-17)20-14-24(2)21-6-4-3-5-18(20)21/h3-10,14,17,19H,11-13H2,1-2H3,(H,23,25)/t19-/m0/s1. The first kappa shape index (κ1) is 15.9. The summed E-state index contributed by atoms with van der Waals surface area (Å²) in [6, 6.07) is 17.4. The number of aromatic nitrogens is 1. The van der Waals surface area contributed by atoms with Gasteiger partial charge in [-0.3, -0.25) is 4.79 Å². The molecule has 0 aliphatic heterocycles. The highest BCUT2D eigenvalue weighted by Gasteiger charge is 2.27. The van der Waals surface area contributed by atoms with Gasteiger partial charge in [-0.15, -0.1) is 0 Å². The molecule has 0 radical (unpaired) electrons. The Morgan fingerprint density at radius 3 is 2.60 bits per heavy atom. The fourth-order valence-electron chi connectivity index (χ4n) is 3.56. The van der Waals surface area contributed by atoms with Crippen LogP contribution in [0.25, 0.3) is 10.9 Å². The second-order valence-corrected chi connectivity index (χ2v) is 7.22. The fourth-order valence-corrected chi connectivity index (χ4v) is 3.56. The summed E-state index contributed by atoms with van der Waals surface area (Å²) in [7, 11) is 2.07. The minimum absolute atomic E-state index is 0.0745. The Bertz CT molecular complexity index is 903. The van der Waals surface area contributed by atoms with E-state index in [1.807, 2.05) is 0 Å². The van der Waals surface area contributed by atoms with E-state index in [1.165, 1.54) is 27.6 Å². The number of carbonyl (C=O) groups is 1. The van der Waals surface area contributed by atoms with Gasteiger partial charge in [0, 0.05) is 42.5 Å². The van der Waals surface area contributed by atoms with Crippen molar-refractivity contribution in [2.24, 2.45) is 7.05 Å². The van der Waals surface area contributed by atoms with Crippen LogP contribution in [-0.4, -0.2) is 16.5 Å². The van der Waals surface area contributed by atoms with Crippen molar-refractivity contribution in [1.29, 1.82) is 0 Å². The summed E-state index contributed by atoms with van der Waals surface area (Å²) < 4.78 is 2.16. The summed E-state index contributed by atoms with van der Waals surface area (Å²) >= 11 is 0. The number of amides is 1. The van der Waals surface area contributed by atoms with Crippen LogP contribution < -0.4 is 5.32 Å². The molecule has 3 nitrogen and oxygen atoms in total. The van der Waals surface area contributed by atoms with Crippen LogP contribution in [-0.2, 0) is 11.8 Å². The predicted molar refractivity (Wildman–Crippen MR) is 102 cm³/mol. The third kappa shape index (κ3) is 3.32. The molecule has 128 valence electrons. The number of nitrogens with one attached hydrogen (secondary N) is 1. The quantitative estimate of drug-likeness (QED) is 0.743. The van der Waals surface area contributed by atoms with Crippen LogP contribution in [0.3, 0.4) is 0 Å². The molecule has 3 aromatic rings. The van der Waals surface area contributed by atoms with Gasteiger partial charge in [0.15, 0.2) is 0 Å². The molecule has 0 saturated heterocycles. The molecule has 0 unspecified atom stereocenters. The second-order valence-electron chi connectivity index (χ2n) is 7.22. The van der Waals surface area contributed by atoms with Gasteiger partial charge in [-0.05, 0) is 37.0 Å². The van der Waals surface area contributed by atoms with Crippen molar-refractivity contribution in [3.8, 4) is 0 Å². The van der Waals surface area contributed by atoms with Crippen molar-refractivity contribution in [2.75, 3.05) is 0 Å². The minimum atomic E-state index is 0.0745. The van der Waals surface area contributed by atoms with Gasteiger partial charge in [-0.25, -0.2) is 0 Å². The molecule has 0 bridgehead atoms. The summed E-state index contributed by atoms with van der Waals surface area (Å²) in [4.78, 5) is 12.5. The molecule has 1 amide bonds. The zero-order valence-corrected chi connectivity index (χ0v) is 14.8. The maximum atomic E-state index is 12.5. The summed E-state index contributed by atoms with van der Waals surface area (Å²) in [5.41, 5.74) is 4.88. The van der Waals surface area contributed by atoms with E-state index in [-0.39, 0.29) is 11.8 Å². The molecule has 1 aliphatic rings. The summed E-state index contributed by atoms with van der Waals surface area (Å²) in [5, 5.41) is 4.38. The third-order valence-electron chi connectivity index (χ3n) is 5.11. The van der Waals surface area contributed by atoms with E-state index in [0.717, 1.165) is 12.8 Å². The van der Waals surface area contributed by atoms with Gasteiger partial charge in [0.1, 0.15) is 0 Å². The van der Waals surface area contributed by atoms with E-state index in [1.54, 1.807) is 0 Å². The Hall–Kier alpha value is -2.55. The van der Waals surface area contributed by atoms with Crippen molar-refractivity contribution < 1.29 is 4.79 Å². The molecular weight excluding hydrogens is 308 g/mol. The highest BCUT2D eigenvalue weighted by molar-refractivity contribution is 5.86. The van der Waals surface area contributed by atoms with Crippen molar-refractivity contribution in [2.45, 2.75) is 38.1 Å². The smallest absolute Gasteiger partial charge is 0.221 e. The lowest BCUT2D eigenvalue weighted by atomic mass is 9.87. The number of carbonyl (C=O) groups excluding carboxylic acids is 1. The first-order valence-electron chi connectivity index (χ1n) is 9.01. The Morgan fingerprint density at radius 1 is 1.16 bits per heavy atom. The first-order valence-corrected chi connectivity index (χ1v) is 9.01. The number of rotatable bonds is 5. The largest absolute Gasteiger partial charge is 0.353 e. The van der Waals surface area contributed by atoms with Crippen LogP contribution in [0.15, 0.2) is 54.7 Å². The van der Waals surface area contributed by atoms with Gasteiger partial charge >= 0.3 is 0 Å². The molecule has 1 N–H and O–H groups in total. The molecule has 1 fully saturated rings. The van der Waals surface area contributed by atoms with Crippen LogP contribution in [0.4, 0.5) is 0 Å². The number of benzene rings is 2. The van der Waals surface area contributed by atoms with E-state index in [4.69, 9.17) is 0 Å². The SMILES string of the molecule is Cc1ccc([C@H](CC(=O)NC2CC2)c2cn(C)c3ccccc23)cc1. The second kappa shape index (κ2) is 6.40. The topological polar surface area (TPSA) is 34.0 Å². The summed E-state index contributed by atoms with van der Waals surface area (Å²) in [6.45, 7) is 2.09. The van der Waals surface area contributed by atoms with Gasteiger partial charge in [-0.2, -0.15) is 0 Å². The van der Waals surface area contributed by atoms with Crippen LogP contribution >= 0.6 is 0 Å². The molecule has 1 aliphatic carbocycles. The molecule has 3 heteroatoms. The first-order chi connectivity index (χ1) is 12.1. The normalized spacial score (nSPS) is 15.3. The van der Waals surface area contributed by atoms with Crippen molar-refractivity contribution in [3.63, 3.8) is 0 Å². The predicted octanol–water partition coefficient (Wildman–Crippen LogP) is 4.29. The molecule has 1 atom stereocenters. The van der Waals surface area contributed by atoms with Crippen LogP contribution in [0.2, 0.25) is 0 Å². The average Bonchev–Trinajstić information content (AvgIpc) is 3.36. The molecule has 4 rings (SSSR count). The van der Waals surface area contributed by atoms with Gasteiger partial charge in [-0.1, -0.05) is 48.0 Å². The lowest BCUT2D eigenvalue weighted by molar-refractivity contribution is -0.121. The highest BCUT2D eigenvalue weighted by atomic mass is 16.1. The van der Waals surface area contributed by atoms with E-state index < -0.39 is 0 Å². The maximum Gasteiger partial charge on any atom is 0.221 e.